The Balaban J connectivity index is 1.92. The lowest BCUT2D eigenvalue weighted by Gasteiger charge is -2.24. The highest BCUT2D eigenvalue weighted by Gasteiger charge is 2.34. The number of aromatic carboxylic acids is 1. The molecule has 0 radical (unpaired) electrons. The second-order valence-corrected chi connectivity index (χ2v) is 7.31. The Morgan fingerprint density at radius 3 is 2.41 bits per heavy atom. The monoisotopic (exact) mass is 383 g/mol. The van der Waals surface area contributed by atoms with E-state index in [1.807, 2.05) is 0 Å². The van der Waals surface area contributed by atoms with Crippen LogP contribution < -0.4 is 5.32 Å². The lowest BCUT2D eigenvalue weighted by Crippen LogP contribution is -2.22. The van der Waals surface area contributed by atoms with Gasteiger partial charge in [-0.1, -0.05) is 24.3 Å². The van der Waals surface area contributed by atoms with Crippen LogP contribution in [-0.4, -0.2) is 22.1 Å². The third-order valence-corrected chi connectivity index (χ3v) is 5.82. The number of carbonyl (C=O) groups excluding carboxylic acids is 1. The molecule has 0 spiro atoms. The van der Waals surface area contributed by atoms with Crippen molar-refractivity contribution in [2.24, 2.45) is 0 Å². The predicted molar refractivity (Wildman–Crippen MR) is 99.9 cm³/mol. The maximum atomic E-state index is 13.3. The highest BCUT2D eigenvalue weighted by atomic mass is 32.1. The van der Waals surface area contributed by atoms with E-state index in [1.54, 1.807) is 12.1 Å². The molecule has 0 fully saturated rings. The Bertz CT molecular complexity index is 1040. The summed E-state index contributed by atoms with van der Waals surface area (Å²) in [4.78, 5) is 25.0. The Morgan fingerprint density at radius 2 is 1.78 bits per heavy atom. The van der Waals surface area contributed by atoms with Crippen LogP contribution in [0, 0.1) is 5.82 Å². The van der Waals surface area contributed by atoms with Crippen LogP contribution in [0.1, 0.15) is 32.5 Å². The SMILES string of the molecule is O=C1CC(c2ccc(O)cc2)c2sc(C(=O)O)c(-c3ccc(F)cc3)c2N1. The van der Waals surface area contributed by atoms with Crippen molar-refractivity contribution in [2.45, 2.75) is 12.3 Å². The van der Waals surface area contributed by atoms with Crippen molar-refractivity contribution in [1.82, 2.24) is 0 Å². The fraction of sp³-hybridized carbons (Fsp3) is 0.100. The molecule has 2 heterocycles. The van der Waals surface area contributed by atoms with E-state index in [1.165, 1.54) is 36.4 Å². The van der Waals surface area contributed by atoms with Crippen molar-refractivity contribution >= 4 is 28.9 Å². The standard InChI is InChI=1S/C20H14FNO4S/c21-12-5-1-11(2-6-12)16-17-18(27-19(16)20(25)26)14(9-15(24)22-17)10-3-7-13(23)8-4-10/h1-8,14,23H,9H2,(H,22,24)(H,25,26). The lowest BCUT2D eigenvalue weighted by atomic mass is 9.88. The fourth-order valence-corrected chi connectivity index (χ4v) is 4.55. The average molecular weight is 383 g/mol. The number of rotatable bonds is 3. The summed E-state index contributed by atoms with van der Waals surface area (Å²) in [6.07, 6.45) is 0.181. The van der Waals surface area contributed by atoms with E-state index in [9.17, 15) is 24.2 Å². The number of hydrogen-bond acceptors (Lipinski definition) is 4. The molecule has 136 valence electrons. The quantitative estimate of drug-likeness (QED) is 0.624. The van der Waals surface area contributed by atoms with Crippen LogP contribution in [0.3, 0.4) is 0 Å². The number of amides is 1. The molecule has 1 aliphatic heterocycles. The molecule has 5 nitrogen and oxygen atoms in total. The first kappa shape index (κ1) is 17.2. The largest absolute Gasteiger partial charge is 0.508 e. The number of phenolic OH excluding ortho intramolecular Hbond substituents is 1. The Labute approximate surface area is 157 Å². The maximum absolute atomic E-state index is 13.3. The molecule has 4 rings (SSSR count). The highest BCUT2D eigenvalue weighted by Crippen LogP contribution is 2.49. The van der Waals surface area contributed by atoms with Gasteiger partial charge in [0.2, 0.25) is 5.91 Å². The van der Waals surface area contributed by atoms with Crippen LogP contribution in [0.5, 0.6) is 5.75 Å². The number of hydrogen-bond donors (Lipinski definition) is 3. The molecule has 1 unspecified atom stereocenters. The molecule has 3 N–H and O–H groups in total. The summed E-state index contributed by atoms with van der Waals surface area (Å²) in [6, 6.07) is 12.0. The summed E-state index contributed by atoms with van der Waals surface area (Å²) in [5.41, 5.74) is 2.18. The summed E-state index contributed by atoms with van der Waals surface area (Å²) in [5.74, 6) is -1.95. The van der Waals surface area contributed by atoms with Crippen LogP contribution in [0.15, 0.2) is 48.5 Å². The summed E-state index contributed by atoms with van der Waals surface area (Å²) in [6.45, 7) is 0. The Kier molecular flexibility index (Phi) is 4.16. The van der Waals surface area contributed by atoms with Gasteiger partial charge in [-0.3, -0.25) is 4.79 Å². The van der Waals surface area contributed by atoms with Crippen molar-refractivity contribution in [1.29, 1.82) is 0 Å². The van der Waals surface area contributed by atoms with Crippen LogP contribution in [-0.2, 0) is 4.79 Å². The zero-order chi connectivity index (χ0) is 19.1. The topological polar surface area (TPSA) is 86.6 Å². The van der Waals surface area contributed by atoms with Crippen LogP contribution in [0.2, 0.25) is 0 Å². The van der Waals surface area contributed by atoms with Gasteiger partial charge >= 0.3 is 5.97 Å². The molecular formula is C20H14FNO4S. The van der Waals surface area contributed by atoms with E-state index in [2.05, 4.69) is 5.32 Å². The van der Waals surface area contributed by atoms with Gasteiger partial charge in [0.05, 0.1) is 5.69 Å². The molecular weight excluding hydrogens is 369 g/mol. The number of fused-ring (bicyclic) bond motifs is 1. The Morgan fingerprint density at radius 1 is 1.11 bits per heavy atom. The first-order valence-corrected chi connectivity index (χ1v) is 9.00. The van der Waals surface area contributed by atoms with Crippen molar-refractivity contribution < 1.29 is 24.2 Å². The van der Waals surface area contributed by atoms with Gasteiger partial charge in [0.1, 0.15) is 16.4 Å². The zero-order valence-electron chi connectivity index (χ0n) is 13.9. The number of benzene rings is 2. The molecule has 1 amide bonds. The number of thiophene rings is 1. The third-order valence-electron chi connectivity index (χ3n) is 4.53. The molecule has 0 saturated heterocycles. The first-order valence-electron chi connectivity index (χ1n) is 8.18. The van der Waals surface area contributed by atoms with Crippen molar-refractivity contribution in [3.63, 3.8) is 0 Å². The predicted octanol–water partition coefficient (Wildman–Crippen LogP) is 4.43. The van der Waals surface area contributed by atoms with E-state index in [4.69, 9.17) is 0 Å². The maximum Gasteiger partial charge on any atom is 0.346 e. The molecule has 0 saturated carbocycles. The van der Waals surface area contributed by atoms with E-state index in [-0.39, 0.29) is 28.9 Å². The molecule has 27 heavy (non-hydrogen) atoms. The summed E-state index contributed by atoms with van der Waals surface area (Å²) in [7, 11) is 0. The van der Waals surface area contributed by atoms with E-state index in [0.717, 1.165) is 21.8 Å². The van der Waals surface area contributed by atoms with Gasteiger partial charge in [0.15, 0.2) is 0 Å². The molecule has 0 bridgehead atoms. The number of nitrogens with one attached hydrogen (secondary N) is 1. The molecule has 1 atom stereocenters. The second kappa shape index (κ2) is 6.51. The Hall–Kier alpha value is -3.19. The minimum absolute atomic E-state index is 0.0950. The fourth-order valence-electron chi connectivity index (χ4n) is 3.31. The summed E-state index contributed by atoms with van der Waals surface area (Å²) >= 11 is 1.11. The number of halogens is 1. The van der Waals surface area contributed by atoms with E-state index in [0.29, 0.717) is 16.8 Å². The minimum Gasteiger partial charge on any atom is -0.508 e. The number of carbonyl (C=O) groups is 2. The van der Waals surface area contributed by atoms with Gasteiger partial charge in [0, 0.05) is 22.8 Å². The lowest BCUT2D eigenvalue weighted by molar-refractivity contribution is -0.116. The normalized spacial score (nSPS) is 15.9. The second-order valence-electron chi connectivity index (χ2n) is 6.25. The zero-order valence-corrected chi connectivity index (χ0v) is 14.7. The van der Waals surface area contributed by atoms with Crippen molar-refractivity contribution in [3.8, 4) is 16.9 Å². The number of aromatic hydroxyl groups is 1. The van der Waals surface area contributed by atoms with E-state index < -0.39 is 11.8 Å². The van der Waals surface area contributed by atoms with Gasteiger partial charge in [0.25, 0.3) is 0 Å². The molecule has 1 aromatic heterocycles. The van der Waals surface area contributed by atoms with Crippen molar-refractivity contribution in [2.75, 3.05) is 5.32 Å². The minimum atomic E-state index is -1.10. The van der Waals surface area contributed by atoms with Gasteiger partial charge in [-0.15, -0.1) is 11.3 Å². The van der Waals surface area contributed by atoms with E-state index >= 15 is 0 Å². The van der Waals surface area contributed by atoms with Gasteiger partial charge in [-0.05, 0) is 35.4 Å². The first-order chi connectivity index (χ1) is 12.9. The van der Waals surface area contributed by atoms with Crippen LogP contribution >= 0.6 is 11.3 Å². The number of anilines is 1. The number of carboxylic acids is 1. The van der Waals surface area contributed by atoms with Gasteiger partial charge in [-0.2, -0.15) is 0 Å². The van der Waals surface area contributed by atoms with Gasteiger partial charge in [-0.25, -0.2) is 9.18 Å². The van der Waals surface area contributed by atoms with Gasteiger partial charge < -0.3 is 15.5 Å². The molecule has 3 aromatic rings. The summed E-state index contributed by atoms with van der Waals surface area (Å²) < 4.78 is 13.3. The summed E-state index contributed by atoms with van der Waals surface area (Å²) in [5, 5.41) is 22.0. The molecule has 0 aliphatic carbocycles. The average Bonchev–Trinajstić information content (AvgIpc) is 3.02. The molecule has 7 heteroatoms. The molecule has 1 aliphatic rings. The highest BCUT2D eigenvalue weighted by molar-refractivity contribution is 7.15. The van der Waals surface area contributed by atoms with Crippen LogP contribution in [0.4, 0.5) is 10.1 Å². The van der Waals surface area contributed by atoms with Crippen molar-refractivity contribution in [3.05, 3.63) is 69.7 Å². The smallest absolute Gasteiger partial charge is 0.346 e. The molecule has 2 aromatic carbocycles. The van der Waals surface area contributed by atoms with Crippen LogP contribution in [0.25, 0.3) is 11.1 Å². The number of carboxylic acid groups (broad SMARTS) is 1. The third kappa shape index (κ3) is 3.06. The number of phenols is 1.